The zero-order valence-corrected chi connectivity index (χ0v) is 11.6. The number of hydrogen-bond acceptors (Lipinski definition) is 1. The van der Waals surface area contributed by atoms with Crippen molar-refractivity contribution in [2.75, 3.05) is 12.4 Å². The summed E-state index contributed by atoms with van der Waals surface area (Å²) in [6.45, 7) is 0.706. The van der Waals surface area contributed by atoms with Crippen LogP contribution < -0.4 is 5.32 Å². The molecule has 0 aromatic heterocycles. The highest BCUT2D eigenvalue weighted by Gasteiger charge is 2.26. The van der Waals surface area contributed by atoms with Crippen molar-refractivity contribution < 1.29 is 9.18 Å². The predicted octanol–water partition coefficient (Wildman–Crippen LogP) is 3.14. The largest absolute Gasteiger partial charge is 0.356 e. The molecule has 104 valence electrons. The van der Waals surface area contributed by atoms with Gasteiger partial charge < -0.3 is 5.32 Å². The SMILES string of the molecule is O=C(Cc1ccc(F)cc1)NCC1CCCC1CCl. The van der Waals surface area contributed by atoms with Crippen LogP contribution >= 0.6 is 11.6 Å². The van der Waals surface area contributed by atoms with E-state index >= 15 is 0 Å². The highest BCUT2D eigenvalue weighted by atomic mass is 35.5. The van der Waals surface area contributed by atoms with E-state index in [2.05, 4.69) is 5.32 Å². The Hall–Kier alpha value is -1.09. The molecular formula is C15H19ClFNO. The topological polar surface area (TPSA) is 29.1 Å². The number of hydrogen-bond donors (Lipinski definition) is 1. The van der Waals surface area contributed by atoms with Crippen molar-refractivity contribution in [1.29, 1.82) is 0 Å². The predicted molar refractivity (Wildman–Crippen MR) is 74.7 cm³/mol. The minimum atomic E-state index is -0.278. The first-order valence-electron chi connectivity index (χ1n) is 6.76. The fourth-order valence-electron chi connectivity index (χ4n) is 2.68. The molecule has 0 spiro atoms. The third-order valence-electron chi connectivity index (χ3n) is 3.85. The number of carbonyl (C=O) groups is 1. The van der Waals surface area contributed by atoms with E-state index in [1.165, 1.54) is 25.0 Å². The monoisotopic (exact) mass is 283 g/mol. The average molecular weight is 284 g/mol. The molecule has 2 unspecified atom stereocenters. The van der Waals surface area contributed by atoms with Gasteiger partial charge in [0.1, 0.15) is 5.82 Å². The first kappa shape index (κ1) is 14.3. The number of benzene rings is 1. The summed E-state index contributed by atoms with van der Waals surface area (Å²) in [6.07, 6.45) is 3.82. The Labute approximate surface area is 118 Å². The van der Waals surface area contributed by atoms with Crippen molar-refractivity contribution in [1.82, 2.24) is 5.32 Å². The summed E-state index contributed by atoms with van der Waals surface area (Å²) in [5.41, 5.74) is 0.833. The maximum Gasteiger partial charge on any atom is 0.224 e. The fraction of sp³-hybridized carbons (Fsp3) is 0.533. The van der Waals surface area contributed by atoms with Crippen molar-refractivity contribution in [3.8, 4) is 0 Å². The lowest BCUT2D eigenvalue weighted by Crippen LogP contribution is -2.32. The van der Waals surface area contributed by atoms with E-state index in [4.69, 9.17) is 11.6 Å². The summed E-state index contributed by atoms with van der Waals surface area (Å²) in [6, 6.07) is 6.05. The summed E-state index contributed by atoms with van der Waals surface area (Å²) >= 11 is 5.91. The Balaban J connectivity index is 1.77. The van der Waals surface area contributed by atoms with Crippen molar-refractivity contribution in [2.45, 2.75) is 25.7 Å². The summed E-state index contributed by atoms with van der Waals surface area (Å²) in [5.74, 6) is 1.44. The lowest BCUT2D eigenvalue weighted by molar-refractivity contribution is -0.120. The first-order chi connectivity index (χ1) is 9.19. The standard InChI is InChI=1S/C15H19ClFNO/c16-9-12-2-1-3-13(12)10-18-15(19)8-11-4-6-14(17)7-5-11/h4-7,12-13H,1-3,8-10H2,(H,18,19). The second kappa shape index (κ2) is 6.90. The quantitative estimate of drug-likeness (QED) is 0.827. The second-order valence-corrected chi connectivity index (χ2v) is 5.52. The molecule has 1 saturated carbocycles. The Morgan fingerprint density at radius 2 is 1.95 bits per heavy atom. The van der Waals surface area contributed by atoms with Crippen LogP contribution in [-0.4, -0.2) is 18.3 Å². The molecule has 0 radical (unpaired) electrons. The van der Waals surface area contributed by atoms with E-state index in [9.17, 15) is 9.18 Å². The van der Waals surface area contributed by atoms with Crippen LogP contribution in [0.5, 0.6) is 0 Å². The Kier molecular flexibility index (Phi) is 5.20. The summed E-state index contributed by atoms with van der Waals surface area (Å²) in [4.78, 5) is 11.8. The molecule has 1 fully saturated rings. The third kappa shape index (κ3) is 4.20. The molecular weight excluding hydrogens is 265 g/mol. The minimum Gasteiger partial charge on any atom is -0.356 e. The van der Waals surface area contributed by atoms with Gasteiger partial charge in [-0.2, -0.15) is 0 Å². The van der Waals surface area contributed by atoms with Crippen LogP contribution in [0.4, 0.5) is 4.39 Å². The van der Waals surface area contributed by atoms with Gasteiger partial charge in [0.2, 0.25) is 5.91 Å². The number of carbonyl (C=O) groups excluding carboxylic acids is 1. The summed E-state index contributed by atoms with van der Waals surface area (Å²) < 4.78 is 12.7. The van der Waals surface area contributed by atoms with Gasteiger partial charge in [-0.05, 0) is 42.4 Å². The zero-order valence-electron chi connectivity index (χ0n) is 10.9. The minimum absolute atomic E-state index is 0.00756. The molecule has 19 heavy (non-hydrogen) atoms. The molecule has 2 atom stereocenters. The van der Waals surface area contributed by atoms with E-state index in [-0.39, 0.29) is 11.7 Å². The van der Waals surface area contributed by atoms with E-state index in [0.29, 0.717) is 30.7 Å². The van der Waals surface area contributed by atoms with Crippen molar-refractivity contribution >= 4 is 17.5 Å². The summed E-state index contributed by atoms with van der Waals surface area (Å²) in [5, 5.41) is 2.96. The van der Waals surface area contributed by atoms with Crippen molar-refractivity contribution in [3.05, 3.63) is 35.6 Å². The Morgan fingerprint density at radius 1 is 1.26 bits per heavy atom. The lowest BCUT2D eigenvalue weighted by atomic mass is 9.98. The third-order valence-corrected chi connectivity index (χ3v) is 4.25. The molecule has 1 aliphatic rings. The van der Waals surface area contributed by atoms with Crippen LogP contribution in [0.2, 0.25) is 0 Å². The number of alkyl halides is 1. The molecule has 0 saturated heterocycles. The van der Waals surface area contributed by atoms with Gasteiger partial charge in [0.15, 0.2) is 0 Å². The van der Waals surface area contributed by atoms with Gasteiger partial charge in [0, 0.05) is 12.4 Å². The van der Waals surface area contributed by atoms with Crippen LogP contribution in [0, 0.1) is 17.7 Å². The molecule has 1 aliphatic carbocycles. The van der Waals surface area contributed by atoms with Crippen LogP contribution in [-0.2, 0) is 11.2 Å². The van der Waals surface area contributed by atoms with Gasteiger partial charge in [0.25, 0.3) is 0 Å². The van der Waals surface area contributed by atoms with Crippen LogP contribution in [0.3, 0.4) is 0 Å². The molecule has 1 aromatic rings. The average Bonchev–Trinajstić information content (AvgIpc) is 2.86. The van der Waals surface area contributed by atoms with Gasteiger partial charge in [-0.25, -0.2) is 4.39 Å². The molecule has 1 aromatic carbocycles. The number of rotatable bonds is 5. The normalized spacial score (nSPS) is 22.4. The highest BCUT2D eigenvalue weighted by molar-refractivity contribution is 6.18. The Morgan fingerprint density at radius 3 is 2.63 bits per heavy atom. The fourth-order valence-corrected chi connectivity index (χ4v) is 3.09. The molecule has 4 heteroatoms. The lowest BCUT2D eigenvalue weighted by Gasteiger charge is -2.17. The van der Waals surface area contributed by atoms with E-state index in [1.807, 2.05) is 0 Å². The van der Waals surface area contributed by atoms with Crippen LogP contribution in [0.25, 0.3) is 0 Å². The highest BCUT2D eigenvalue weighted by Crippen LogP contribution is 2.31. The van der Waals surface area contributed by atoms with Gasteiger partial charge in [-0.3, -0.25) is 4.79 Å². The number of amides is 1. The first-order valence-corrected chi connectivity index (χ1v) is 7.29. The van der Waals surface area contributed by atoms with Gasteiger partial charge in [0.05, 0.1) is 6.42 Å². The maximum absolute atomic E-state index is 12.7. The van der Waals surface area contributed by atoms with E-state index in [1.54, 1.807) is 12.1 Å². The van der Waals surface area contributed by atoms with E-state index < -0.39 is 0 Å². The number of halogens is 2. The molecule has 2 nitrogen and oxygen atoms in total. The molecule has 0 bridgehead atoms. The Bertz CT molecular complexity index is 421. The number of nitrogens with one attached hydrogen (secondary N) is 1. The van der Waals surface area contributed by atoms with Gasteiger partial charge in [-0.15, -0.1) is 11.6 Å². The second-order valence-electron chi connectivity index (χ2n) is 5.21. The van der Waals surface area contributed by atoms with Crippen molar-refractivity contribution in [2.24, 2.45) is 11.8 Å². The van der Waals surface area contributed by atoms with Crippen molar-refractivity contribution in [3.63, 3.8) is 0 Å². The molecule has 0 aliphatic heterocycles. The summed E-state index contributed by atoms with van der Waals surface area (Å²) in [7, 11) is 0. The zero-order chi connectivity index (χ0) is 13.7. The molecule has 1 N–H and O–H groups in total. The smallest absolute Gasteiger partial charge is 0.224 e. The molecule has 0 heterocycles. The molecule has 1 amide bonds. The van der Waals surface area contributed by atoms with Crippen LogP contribution in [0.15, 0.2) is 24.3 Å². The van der Waals surface area contributed by atoms with Crippen LogP contribution in [0.1, 0.15) is 24.8 Å². The van der Waals surface area contributed by atoms with E-state index in [0.717, 1.165) is 12.0 Å². The van der Waals surface area contributed by atoms with Gasteiger partial charge in [-0.1, -0.05) is 18.6 Å². The molecule has 2 rings (SSSR count). The van der Waals surface area contributed by atoms with Gasteiger partial charge >= 0.3 is 0 Å². The maximum atomic E-state index is 12.7.